The molecule has 0 radical (unpaired) electrons. The Morgan fingerprint density at radius 2 is 2.19 bits per heavy atom. The molecular weight excluding hydrogens is 309 g/mol. The lowest BCUT2D eigenvalue weighted by atomic mass is 10.1. The molecule has 112 valence electrons. The van der Waals surface area contributed by atoms with E-state index >= 15 is 0 Å². The summed E-state index contributed by atoms with van der Waals surface area (Å²) in [6, 6.07) is 5.07. The van der Waals surface area contributed by atoms with Crippen LogP contribution in [0, 0.1) is 11.3 Å². The molecule has 0 saturated heterocycles. The first-order chi connectivity index (χ1) is 9.81. The Kier molecular flexibility index (Phi) is 5.61. The lowest BCUT2D eigenvalue weighted by Gasteiger charge is -2.14. The SMILES string of the molecule is CCOC(=O)C(C#N)=CNc1cccc(Cl)c1C(F)(F)F. The van der Waals surface area contributed by atoms with Crippen molar-refractivity contribution in [1.82, 2.24) is 0 Å². The maximum Gasteiger partial charge on any atom is 0.419 e. The fourth-order valence-electron chi connectivity index (χ4n) is 1.43. The third-order valence-electron chi connectivity index (χ3n) is 2.28. The van der Waals surface area contributed by atoms with Crippen LogP contribution < -0.4 is 5.32 Å². The predicted octanol–water partition coefficient (Wildman–Crippen LogP) is 3.74. The number of rotatable bonds is 4. The van der Waals surface area contributed by atoms with Gasteiger partial charge in [0.2, 0.25) is 0 Å². The van der Waals surface area contributed by atoms with E-state index in [4.69, 9.17) is 16.9 Å². The monoisotopic (exact) mass is 318 g/mol. The Labute approximate surface area is 123 Å². The largest absolute Gasteiger partial charge is 0.462 e. The number of nitrogens with one attached hydrogen (secondary N) is 1. The molecule has 0 aromatic heterocycles. The van der Waals surface area contributed by atoms with E-state index in [1.807, 2.05) is 0 Å². The van der Waals surface area contributed by atoms with Crippen LogP contribution in [-0.4, -0.2) is 12.6 Å². The number of carbonyl (C=O) groups is 1. The van der Waals surface area contributed by atoms with Gasteiger partial charge in [0, 0.05) is 6.20 Å². The van der Waals surface area contributed by atoms with Gasteiger partial charge in [-0.05, 0) is 19.1 Å². The van der Waals surface area contributed by atoms with Gasteiger partial charge in [0.25, 0.3) is 0 Å². The van der Waals surface area contributed by atoms with Crippen LogP contribution in [-0.2, 0) is 15.7 Å². The highest BCUT2D eigenvalue weighted by Crippen LogP contribution is 2.39. The molecule has 0 spiro atoms. The Balaban J connectivity index is 3.12. The average molecular weight is 319 g/mol. The Bertz CT molecular complexity index is 606. The zero-order valence-corrected chi connectivity index (χ0v) is 11.5. The molecule has 1 N–H and O–H groups in total. The van der Waals surface area contributed by atoms with Gasteiger partial charge >= 0.3 is 12.1 Å². The maximum atomic E-state index is 12.9. The minimum Gasteiger partial charge on any atom is -0.462 e. The number of carbonyl (C=O) groups excluding carboxylic acids is 1. The van der Waals surface area contributed by atoms with E-state index in [-0.39, 0.29) is 12.3 Å². The summed E-state index contributed by atoms with van der Waals surface area (Å²) in [6.07, 6.45) is -3.83. The number of hydrogen-bond donors (Lipinski definition) is 1. The highest BCUT2D eigenvalue weighted by atomic mass is 35.5. The molecule has 0 amide bonds. The zero-order chi connectivity index (χ0) is 16.0. The molecule has 1 rings (SSSR count). The molecule has 8 heteroatoms. The van der Waals surface area contributed by atoms with Crippen LogP contribution in [0.1, 0.15) is 12.5 Å². The van der Waals surface area contributed by atoms with Crippen molar-refractivity contribution in [3.05, 3.63) is 40.6 Å². The molecule has 1 aromatic carbocycles. The van der Waals surface area contributed by atoms with E-state index in [0.717, 1.165) is 18.3 Å². The van der Waals surface area contributed by atoms with Gasteiger partial charge in [-0.3, -0.25) is 0 Å². The van der Waals surface area contributed by atoms with Gasteiger partial charge in [-0.1, -0.05) is 17.7 Å². The van der Waals surface area contributed by atoms with Gasteiger partial charge in [0.1, 0.15) is 6.07 Å². The van der Waals surface area contributed by atoms with Crippen LogP contribution in [0.15, 0.2) is 30.0 Å². The second-order valence-electron chi connectivity index (χ2n) is 3.69. The minimum absolute atomic E-state index is 0.0445. The highest BCUT2D eigenvalue weighted by molar-refractivity contribution is 6.31. The lowest BCUT2D eigenvalue weighted by molar-refractivity contribution is -0.138. The Hall–Kier alpha value is -2.20. The van der Waals surface area contributed by atoms with E-state index in [1.165, 1.54) is 12.1 Å². The van der Waals surface area contributed by atoms with Gasteiger partial charge in [-0.2, -0.15) is 18.4 Å². The Morgan fingerprint density at radius 3 is 2.71 bits per heavy atom. The number of nitrogens with zero attached hydrogens (tertiary/aromatic N) is 1. The third kappa shape index (κ3) is 4.39. The van der Waals surface area contributed by atoms with Crippen molar-refractivity contribution in [2.75, 3.05) is 11.9 Å². The zero-order valence-electron chi connectivity index (χ0n) is 10.8. The van der Waals surface area contributed by atoms with Gasteiger partial charge in [-0.15, -0.1) is 0 Å². The number of halogens is 4. The topological polar surface area (TPSA) is 62.1 Å². The number of nitriles is 1. The summed E-state index contributed by atoms with van der Waals surface area (Å²) in [5.41, 5.74) is -1.90. The fourth-order valence-corrected chi connectivity index (χ4v) is 1.71. The van der Waals surface area contributed by atoms with Crippen LogP contribution >= 0.6 is 11.6 Å². The molecule has 21 heavy (non-hydrogen) atoms. The van der Waals surface area contributed by atoms with Crippen molar-refractivity contribution < 1.29 is 22.7 Å². The fraction of sp³-hybridized carbons (Fsp3) is 0.231. The van der Waals surface area contributed by atoms with Crippen molar-refractivity contribution in [3.8, 4) is 6.07 Å². The molecule has 0 aliphatic rings. The number of alkyl halides is 3. The molecule has 1 aromatic rings. The van der Waals surface area contributed by atoms with E-state index < -0.39 is 28.3 Å². The van der Waals surface area contributed by atoms with Crippen LogP contribution in [0.3, 0.4) is 0 Å². The normalized spacial score (nSPS) is 11.7. The molecule has 0 saturated carbocycles. The molecule has 0 unspecified atom stereocenters. The van der Waals surface area contributed by atoms with E-state index in [1.54, 1.807) is 6.92 Å². The first-order valence-electron chi connectivity index (χ1n) is 5.70. The second-order valence-corrected chi connectivity index (χ2v) is 4.10. The summed E-state index contributed by atoms with van der Waals surface area (Å²) < 4.78 is 43.3. The van der Waals surface area contributed by atoms with Crippen LogP contribution in [0.2, 0.25) is 5.02 Å². The summed E-state index contributed by atoms with van der Waals surface area (Å²) in [5, 5.41) is 10.5. The minimum atomic E-state index is -4.68. The molecule has 0 aliphatic heterocycles. The second kappa shape index (κ2) is 6.99. The molecule has 0 fully saturated rings. The van der Waals surface area contributed by atoms with Gasteiger partial charge in [0.15, 0.2) is 5.57 Å². The quantitative estimate of drug-likeness (QED) is 0.522. The lowest BCUT2D eigenvalue weighted by Crippen LogP contribution is -2.11. The van der Waals surface area contributed by atoms with Crippen molar-refractivity contribution in [2.45, 2.75) is 13.1 Å². The van der Waals surface area contributed by atoms with Crippen molar-refractivity contribution in [1.29, 1.82) is 5.26 Å². The summed E-state index contributed by atoms with van der Waals surface area (Å²) in [4.78, 5) is 11.3. The van der Waals surface area contributed by atoms with Crippen molar-refractivity contribution in [3.63, 3.8) is 0 Å². The molecule has 0 bridgehead atoms. The van der Waals surface area contributed by atoms with Gasteiger partial charge in [-0.25, -0.2) is 4.79 Å². The van der Waals surface area contributed by atoms with Gasteiger partial charge in [0.05, 0.1) is 22.9 Å². The predicted molar refractivity (Wildman–Crippen MR) is 70.4 cm³/mol. The average Bonchev–Trinajstić information content (AvgIpc) is 2.38. The molecule has 0 atom stereocenters. The number of benzene rings is 1. The van der Waals surface area contributed by atoms with E-state index in [0.29, 0.717) is 0 Å². The third-order valence-corrected chi connectivity index (χ3v) is 2.60. The molecule has 0 aliphatic carbocycles. The molecule has 0 heterocycles. The molecule has 4 nitrogen and oxygen atoms in total. The van der Waals surface area contributed by atoms with Gasteiger partial charge < -0.3 is 10.1 Å². The van der Waals surface area contributed by atoms with Crippen molar-refractivity contribution >= 4 is 23.3 Å². The van der Waals surface area contributed by atoms with Crippen LogP contribution in [0.5, 0.6) is 0 Å². The summed E-state index contributed by atoms with van der Waals surface area (Å²) >= 11 is 5.54. The smallest absolute Gasteiger partial charge is 0.419 e. The summed E-state index contributed by atoms with van der Waals surface area (Å²) in [6.45, 7) is 1.59. The summed E-state index contributed by atoms with van der Waals surface area (Å²) in [7, 11) is 0. The first kappa shape index (κ1) is 16.9. The number of esters is 1. The number of ether oxygens (including phenoxy) is 1. The van der Waals surface area contributed by atoms with E-state index in [9.17, 15) is 18.0 Å². The van der Waals surface area contributed by atoms with Crippen LogP contribution in [0.4, 0.5) is 18.9 Å². The maximum absolute atomic E-state index is 12.9. The standard InChI is InChI=1S/C13H10ClF3N2O2/c1-2-21-12(20)8(6-18)7-19-10-5-3-4-9(14)11(10)13(15,16)17/h3-5,7,19H,2H2,1H3. The van der Waals surface area contributed by atoms with Crippen LogP contribution in [0.25, 0.3) is 0 Å². The number of anilines is 1. The number of hydrogen-bond acceptors (Lipinski definition) is 4. The first-order valence-corrected chi connectivity index (χ1v) is 6.08. The Morgan fingerprint density at radius 1 is 1.52 bits per heavy atom. The highest BCUT2D eigenvalue weighted by Gasteiger charge is 2.36. The van der Waals surface area contributed by atoms with Crippen molar-refractivity contribution in [2.24, 2.45) is 0 Å². The molecular formula is C13H10ClF3N2O2. The van der Waals surface area contributed by atoms with E-state index in [2.05, 4.69) is 10.1 Å². The summed E-state index contributed by atoms with van der Waals surface area (Å²) in [5.74, 6) is -0.928.